The van der Waals surface area contributed by atoms with Gasteiger partial charge in [0.1, 0.15) is 5.82 Å². The third-order valence-corrected chi connectivity index (χ3v) is 4.20. The van der Waals surface area contributed by atoms with E-state index in [9.17, 15) is 9.59 Å². The summed E-state index contributed by atoms with van der Waals surface area (Å²) in [5, 5.41) is 7.25. The lowest BCUT2D eigenvalue weighted by Crippen LogP contribution is -2.25. The summed E-state index contributed by atoms with van der Waals surface area (Å²) in [6.45, 7) is 9.52. The van der Waals surface area contributed by atoms with Crippen molar-refractivity contribution in [3.05, 3.63) is 33.4 Å². The SMILES string of the molecule is CCc1c(C)nc(-n2nc(C)cc2NC(=O)C(CC)CC)[nH]c1=O. The highest BCUT2D eigenvalue weighted by molar-refractivity contribution is 5.91. The Kier molecular flexibility index (Phi) is 5.54. The van der Waals surface area contributed by atoms with Gasteiger partial charge in [0.15, 0.2) is 0 Å². The van der Waals surface area contributed by atoms with Crippen molar-refractivity contribution in [2.24, 2.45) is 5.92 Å². The molecule has 7 heteroatoms. The number of hydrogen-bond acceptors (Lipinski definition) is 4. The summed E-state index contributed by atoms with van der Waals surface area (Å²) in [6.07, 6.45) is 2.16. The Hall–Kier alpha value is -2.44. The summed E-state index contributed by atoms with van der Waals surface area (Å²) in [5.41, 5.74) is 1.88. The van der Waals surface area contributed by atoms with Crippen LogP contribution in [-0.4, -0.2) is 25.7 Å². The van der Waals surface area contributed by atoms with Crippen LogP contribution in [0.3, 0.4) is 0 Å². The van der Waals surface area contributed by atoms with Gasteiger partial charge in [-0.25, -0.2) is 4.98 Å². The molecular formula is C17H25N5O2. The van der Waals surface area contributed by atoms with E-state index < -0.39 is 0 Å². The quantitative estimate of drug-likeness (QED) is 0.850. The van der Waals surface area contributed by atoms with Crippen LogP contribution < -0.4 is 10.9 Å². The van der Waals surface area contributed by atoms with Gasteiger partial charge >= 0.3 is 0 Å². The second kappa shape index (κ2) is 7.42. The molecule has 2 rings (SSSR count). The second-order valence-corrected chi connectivity index (χ2v) is 5.89. The minimum Gasteiger partial charge on any atom is -0.310 e. The molecule has 0 atom stereocenters. The van der Waals surface area contributed by atoms with Gasteiger partial charge in [-0.15, -0.1) is 0 Å². The Morgan fingerprint density at radius 2 is 1.96 bits per heavy atom. The Bertz CT molecular complexity index is 787. The Morgan fingerprint density at radius 3 is 2.50 bits per heavy atom. The molecule has 0 aliphatic heterocycles. The van der Waals surface area contributed by atoms with Crippen LogP contribution in [0.2, 0.25) is 0 Å². The number of rotatable bonds is 6. The molecule has 130 valence electrons. The van der Waals surface area contributed by atoms with Crippen molar-refractivity contribution in [1.29, 1.82) is 0 Å². The van der Waals surface area contributed by atoms with Crippen molar-refractivity contribution in [3.8, 4) is 5.95 Å². The first-order valence-electron chi connectivity index (χ1n) is 8.38. The summed E-state index contributed by atoms with van der Waals surface area (Å²) >= 11 is 0. The van der Waals surface area contributed by atoms with Crippen molar-refractivity contribution in [1.82, 2.24) is 19.7 Å². The molecule has 2 N–H and O–H groups in total. The van der Waals surface area contributed by atoms with E-state index in [1.165, 1.54) is 4.68 Å². The highest BCUT2D eigenvalue weighted by Crippen LogP contribution is 2.17. The standard InChI is InChI=1S/C17H25N5O2/c1-6-12(7-2)15(23)19-14-9-10(4)21-22(14)17-18-11(5)13(8-3)16(24)20-17/h9,12H,6-8H2,1-5H3,(H,19,23)(H,18,20,24). The summed E-state index contributed by atoms with van der Waals surface area (Å²) in [5.74, 6) is 0.717. The number of aromatic nitrogens is 4. The lowest BCUT2D eigenvalue weighted by Gasteiger charge is -2.14. The van der Waals surface area contributed by atoms with Gasteiger partial charge in [0.05, 0.1) is 5.69 Å². The third-order valence-electron chi connectivity index (χ3n) is 4.20. The van der Waals surface area contributed by atoms with E-state index in [1.807, 2.05) is 27.7 Å². The second-order valence-electron chi connectivity index (χ2n) is 5.89. The van der Waals surface area contributed by atoms with Crippen molar-refractivity contribution in [2.45, 2.75) is 53.9 Å². The van der Waals surface area contributed by atoms with Crippen LogP contribution in [0, 0.1) is 19.8 Å². The molecule has 2 heterocycles. The van der Waals surface area contributed by atoms with Crippen molar-refractivity contribution >= 4 is 11.7 Å². The van der Waals surface area contributed by atoms with E-state index in [1.54, 1.807) is 13.0 Å². The summed E-state index contributed by atoms with van der Waals surface area (Å²) in [4.78, 5) is 31.7. The molecule has 0 saturated heterocycles. The molecule has 1 amide bonds. The predicted octanol–water partition coefficient (Wildman–Crippen LogP) is 2.51. The number of nitrogens with one attached hydrogen (secondary N) is 2. The number of amides is 1. The fourth-order valence-corrected chi connectivity index (χ4v) is 2.75. The normalized spacial score (nSPS) is 11.1. The molecule has 0 aromatic carbocycles. The van der Waals surface area contributed by atoms with E-state index >= 15 is 0 Å². The van der Waals surface area contributed by atoms with Gasteiger partial charge < -0.3 is 5.32 Å². The van der Waals surface area contributed by atoms with Crippen molar-refractivity contribution in [2.75, 3.05) is 5.32 Å². The molecule has 0 saturated carbocycles. The first kappa shape index (κ1) is 17.9. The highest BCUT2D eigenvalue weighted by atomic mass is 16.2. The maximum absolute atomic E-state index is 12.4. The number of nitrogens with zero attached hydrogens (tertiary/aromatic N) is 3. The predicted molar refractivity (Wildman–Crippen MR) is 93.5 cm³/mol. The van der Waals surface area contributed by atoms with Crippen LogP contribution >= 0.6 is 0 Å². The smallest absolute Gasteiger partial charge is 0.255 e. The van der Waals surface area contributed by atoms with Gasteiger partial charge in [0.25, 0.3) is 5.56 Å². The molecule has 2 aromatic rings. The van der Waals surface area contributed by atoms with Gasteiger partial charge in [-0.1, -0.05) is 20.8 Å². The first-order valence-corrected chi connectivity index (χ1v) is 8.38. The Balaban J connectivity index is 2.43. The molecule has 0 aliphatic rings. The van der Waals surface area contributed by atoms with Crippen LogP contribution in [0.15, 0.2) is 10.9 Å². The van der Waals surface area contributed by atoms with Crippen LogP contribution in [-0.2, 0) is 11.2 Å². The number of anilines is 1. The molecule has 0 aliphatic carbocycles. The largest absolute Gasteiger partial charge is 0.310 e. The van der Waals surface area contributed by atoms with Crippen molar-refractivity contribution < 1.29 is 4.79 Å². The molecule has 0 radical (unpaired) electrons. The maximum Gasteiger partial charge on any atom is 0.255 e. The lowest BCUT2D eigenvalue weighted by molar-refractivity contribution is -0.120. The molecule has 7 nitrogen and oxygen atoms in total. The van der Waals surface area contributed by atoms with Crippen LogP contribution in [0.4, 0.5) is 5.82 Å². The number of aryl methyl sites for hydroxylation is 2. The zero-order valence-electron chi connectivity index (χ0n) is 14.9. The lowest BCUT2D eigenvalue weighted by atomic mass is 10.0. The maximum atomic E-state index is 12.4. The van der Waals surface area contributed by atoms with Gasteiger partial charge in [-0.05, 0) is 33.1 Å². The molecule has 0 unspecified atom stereocenters. The molecule has 0 spiro atoms. The van der Waals surface area contributed by atoms with E-state index in [-0.39, 0.29) is 17.4 Å². The monoisotopic (exact) mass is 331 g/mol. The average Bonchev–Trinajstić information content (AvgIpc) is 2.88. The number of hydrogen-bond donors (Lipinski definition) is 2. The van der Waals surface area contributed by atoms with Gasteiger partial charge in [-0.3, -0.25) is 14.6 Å². The third kappa shape index (κ3) is 3.55. The van der Waals surface area contributed by atoms with E-state index in [0.29, 0.717) is 29.4 Å². The van der Waals surface area contributed by atoms with Gasteiger partial charge in [0, 0.05) is 23.2 Å². The minimum atomic E-state index is -0.176. The molecular weight excluding hydrogens is 306 g/mol. The summed E-state index contributed by atoms with van der Waals surface area (Å²) in [7, 11) is 0. The fraction of sp³-hybridized carbons (Fsp3) is 0.529. The fourth-order valence-electron chi connectivity index (χ4n) is 2.75. The summed E-state index contributed by atoms with van der Waals surface area (Å²) in [6, 6.07) is 1.77. The number of aromatic amines is 1. The Morgan fingerprint density at radius 1 is 1.29 bits per heavy atom. The van der Waals surface area contributed by atoms with Gasteiger partial charge in [0.2, 0.25) is 11.9 Å². The molecule has 0 bridgehead atoms. The zero-order chi connectivity index (χ0) is 17.9. The Labute approximate surface area is 141 Å². The average molecular weight is 331 g/mol. The van der Waals surface area contributed by atoms with Crippen LogP contribution in [0.25, 0.3) is 5.95 Å². The number of carbonyl (C=O) groups excluding carboxylic acids is 1. The van der Waals surface area contributed by atoms with Crippen LogP contribution in [0.5, 0.6) is 0 Å². The topological polar surface area (TPSA) is 92.7 Å². The molecule has 24 heavy (non-hydrogen) atoms. The highest BCUT2D eigenvalue weighted by Gasteiger charge is 2.18. The van der Waals surface area contributed by atoms with E-state index in [2.05, 4.69) is 20.4 Å². The van der Waals surface area contributed by atoms with E-state index in [0.717, 1.165) is 18.5 Å². The minimum absolute atomic E-state index is 0.0506. The van der Waals surface area contributed by atoms with E-state index in [4.69, 9.17) is 0 Å². The van der Waals surface area contributed by atoms with Gasteiger partial charge in [-0.2, -0.15) is 9.78 Å². The number of H-pyrrole nitrogens is 1. The molecule has 0 fully saturated rings. The summed E-state index contributed by atoms with van der Waals surface area (Å²) < 4.78 is 1.48. The zero-order valence-corrected chi connectivity index (χ0v) is 14.9. The van der Waals surface area contributed by atoms with Crippen molar-refractivity contribution in [3.63, 3.8) is 0 Å². The number of carbonyl (C=O) groups is 1. The van der Waals surface area contributed by atoms with Crippen LogP contribution in [0.1, 0.15) is 50.6 Å². The first-order chi connectivity index (χ1) is 11.4. The molecule has 2 aromatic heterocycles.